The van der Waals surface area contributed by atoms with Gasteiger partial charge >= 0.3 is 0 Å². The summed E-state index contributed by atoms with van der Waals surface area (Å²) in [5, 5.41) is 4.19. The second kappa shape index (κ2) is 17.5. The zero-order valence-electron chi connectivity index (χ0n) is 46.5. The first-order valence-corrected chi connectivity index (χ1v) is 29.1. The molecule has 0 atom stereocenters. The molecular weight excluding hydrogens is 1020 g/mol. The van der Waals surface area contributed by atoms with E-state index >= 15 is 0 Å². The molecule has 2 aromatic heterocycles. The van der Waals surface area contributed by atoms with Crippen LogP contribution in [0.25, 0.3) is 66.1 Å². The summed E-state index contributed by atoms with van der Waals surface area (Å²) in [5.41, 5.74) is 25.9. The quantitative estimate of drug-likeness (QED) is 0.160. The zero-order valence-corrected chi connectivity index (χ0v) is 46.5. The van der Waals surface area contributed by atoms with Crippen LogP contribution in [0.2, 0.25) is 0 Å². The second-order valence-electron chi connectivity index (χ2n) is 23.8. The van der Waals surface area contributed by atoms with E-state index in [1.807, 2.05) is 6.07 Å². The van der Waals surface area contributed by atoms with E-state index < -0.39 is 0 Å². The van der Waals surface area contributed by atoms with Crippen LogP contribution in [0.4, 0.5) is 51.2 Å². The van der Waals surface area contributed by atoms with Gasteiger partial charge in [0.2, 0.25) is 0 Å². The van der Waals surface area contributed by atoms with Crippen LogP contribution in [0.15, 0.2) is 264 Å². The summed E-state index contributed by atoms with van der Waals surface area (Å²) >= 11 is 0. The van der Waals surface area contributed by atoms with E-state index in [0.717, 1.165) is 140 Å². The Morgan fingerprint density at radius 3 is 1.50 bits per heavy atom. The number of para-hydroxylation sites is 7. The molecule has 4 aliphatic heterocycles. The van der Waals surface area contributed by atoms with Crippen LogP contribution in [0.3, 0.4) is 0 Å². The van der Waals surface area contributed by atoms with Crippen LogP contribution in [0.1, 0.15) is 26.3 Å². The van der Waals surface area contributed by atoms with Gasteiger partial charge in [0.05, 0.1) is 27.8 Å². The summed E-state index contributed by atoms with van der Waals surface area (Å²) in [5.74, 6) is 1.68. The van der Waals surface area contributed by atoms with Crippen LogP contribution in [0, 0.1) is 0 Å². The average Bonchev–Trinajstić information content (AvgIpc) is 1.30. The van der Waals surface area contributed by atoms with Crippen molar-refractivity contribution >= 4 is 141 Å². The largest absolute Gasteiger partial charge is 0.458 e. The van der Waals surface area contributed by atoms with Gasteiger partial charge in [-0.15, -0.1) is 0 Å². The molecule has 0 saturated heterocycles. The molecule has 18 rings (SSSR count). The highest BCUT2D eigenvalue weighted by molar-refractivity contribution is 7.03. The molecule has 0 spiro atoms. The van der Waals surface area contributed by atoms with Crippen LogP contribution in [-0.2, 0) is 5.41 Å². The Hall–Kier alpha value is -10.4. The molecule has 0 unspecified atom stereocenters. The van der Waals surface area contributed by atoms with Crippen LogP contribution < -0.4 is 52.2 Å². The molecule has 394 valence electrons. The van der Waals surface area contributed by atoms with Crippen molar-refractivity contribution in [3.8, 4) is 33.8 Å². The molecule has 8 heteroatoms. The zero-order chi connectivity index (χ0) is 55.5. The van der Waals surface area contributed by atoms with Gasteiger partial charge in [0, 0.05) is 68.2 Å². The van der Waals surface area contributed by atoms with Crippen molar-refractivity contribution in [1.29, 1.82) is 0 Å². The third-order valence-corrected chi connectivity index (χ3v) is 18.2. The molecule has 0 amide bonds. The van der Waals surface area contributed by atoms with E-state index in [2.05, 4.69) is 284 Å². The molecule has 14 aromatic rings. The Morgan fingerprint density at radius 1 is 0.345 bits per heavy atom. The molecule has 0 bridgehead atoms. The normalized spacial score (nSPS) is 13.6. The average molecular weight is 1080 g/mol. The Bertz CT molecular complexity index is 5080. The summed E-state index contributed by atoms with van der Waals surface area (Å²) in [6.07, 6.45) is 0. The topological polar surface area (TPSA) is 45.2 Å². The molecule has 0 radical (unpaired) electrons. The molecule has 6 nitrogen and oxygen atoms in total. The SMILES string of the molecule is CC(C)(C)c1ccc(-c2ccccc2N2c3cc4c(cc3B3c5ccccc5N(c5ccccc5)c5c3c2cc2oc3ccccc3c52)B2c3ccccc3Oc3c2c(cc2oc5ccccc5c32)N4c2ccccc2-c2ccccc2)cc1. The number of nitrogens with zero attached hydrogens (tertiary/aromatic N) is 3. The second-order valence-corrected chi connectivity index (χ2v) is 23.8. The fourth-order valence-electron chi connectivity index (χ4n) is 14.6. The molecule has 0 aliphatic carbocycles. The maximum Gasteiger partial charge on any atom is 0.256 e. The van der Waals surface area contributed by atoms with Gasteiger partial charge in [-0.3, -0.25) is 0 Å². The predicted octanol–water partition coefficient (Wildman–Crippen LogP) is 16.6. The lowest BCUT2D eigenvalue weighted by atomic mass is 9.30. The van der Waals surface area contributed by atoms with Gasteiger partial charge in [0.1, 0.15) is 33.8 Å². The van der Waals surface area contributed by atoms with E-state index in [1.54, 1.807) is 0 Å². The molecule has 6 heterocycles. The maximum atomic E-state index is 7.36. The van der Waals surface area contributed by atoms with Crippen LogP contribution in [-0.4, -0.2) is 13.4 Å². The molecular formula is C76H51B2N3O3. The van der Waals surface area contributed by atoms with Gasteiger partial charge in [-0.2, -0.15) is 0 Å². The Kier molecular flexibility index (Phi) is 9.86. The van der Waals surface area contributed by atoms with E-state index in [1.165, 1.54) is 27.4 Å². The molecule has 12 aromatic carbocycles. The third kappa shape index (κ3) is 6.65. The highest BCUT2D eigenvalue weighted by atomic mass is 16.5. The van der Waals surface area contributed by atoms with E-state index in [0.29, 0.717) is 0 Å². The lowest BCUT2D eigenvalue weighted by Crippen LogP contribution is -2.64. The fraction of sp³-hybridized carbons (Fsp3) is 0.0526. The van der Waals surface area contributed by atoms with E-state index in [4.69, 9.17) is 13.6 Å². The van der Waals surface area contributed by atoms with Crippen molar-refractivity contribution in [2.24, 2.45) is 0 Å². The van der Waals surface area contributed by atoms with Crippen molar-refractivity contribution < 1.29 is 13.6 Å². The highest BCUT2D eigenvalue weighted by Crippen LogP contribution is 2.54. The fourth-order valence-corrected chi connectivity index (χ4v) is 14.6. The number of benzene rings is 12. The Morgan fingerprint density at radius 2 is 0.845 bits per heavy atom. The van der Waals surface area contributed by atoms with Crippen molar-refractivity contribution in [2.45, 2.75) is 26.2 Å². The van der Waals surface area contributed by atoms with Crippen molar-refractivity contribution in [2.75, 3.05) is 14.7 Å². The maximum absolute atomic E-state index is 7.36. The number of hydrogen-bond acceptors (Lipinski definition) is 6. The van der Waals surface area contributed by atoms with Gasteiger partial charge in [-0.05, 0) is 109 Å². The van der Waals surface area contributed by atoms with E-state index in [9.17, 15) is 0 Å². The highest BCUT2D eigenvalue weighted by Gasteiger charge is 2.49. The first-order chi connectivity index (χ1) is 41.3. The van der Waals surface area contributed by atoms with Crippen LogP contribution in [0.5, 0.6) is 11.5 Å². The van der Waals surface area contributed by atoms with Gasteiger partial charge in [-0.25, -0.2) is 0 Å². The minimum absolute atomic E-state index is 0.00845. The monoisotopic (exact) mass is 1080 g/mol. The lowest BCUT2D eigenvalue weighted by molar-refractivity contribution is 0.493. The smallest absolute Gasteiger partial charge is 0.256 e. The Labute approximate surface area is 487 Å². The van der Waals surface area contributed by atoms with Crippen molar-refractivity contribution in [3.05, 3.63) is 260 Å². The minimum Gasteiger partial charge on any atom is -0.458 e. The van der Waals surface area contributed by atoms with Gasteiger partial charge in [0.15, 0.2) is 0 Å². The number of rotatable bonds is 5. The first-order valence-electron chi connectivity index (χ1n) is 29.1. The van der Waals surface area contributed by atoms with Crippen molar-refractivity contribution in [1.82, 2.24) is 0 Å². The lowest BCUT2D eigenvalue weighted by Gasteiger charge is -2.46. The standard InChI is InChI=1S/C76H51B2N3O3/c1-76(2,3)48-40-38-47(39-41-48)51-27-11-17-33-59(51)80-61-43-62-57(42-56(61)77-54-30-14-18-34-60(54)79(49-24-8-5-9-25-49)74-70-52-28-12-19-35-65(52)82-68(70)44-63(80)72(74)77)78-55-31-15-21-37-67(55)84-75-71-53-29-13-20-36-66(53)83-69(71)45-64(73(75)78)81(62)58-32-16-10-26-50(58)46-22-6-4-7-23-46/h4-45H,1-3H3. The number of ether oxygens (including phenoxy) is 1. The molecule has 4 aliphatic rings. The molecule has 84 heavy (non-hydrogen) atoms. The summed E-state index contributed by atoms with van der Waals surface area (Å²) in [7, 11) is 0. The van der Waals surface area contributed by atoms with Crippen LogP contribution >= 0.6 is 0 Å². The minimum atomic E-state index is -0.221. The van der Waals surface area contributed by atoms with E-state index in [-0.39, 0.29) is 18.8 Å². The summed E-state index contributed by atoms with van der Waals surface area (Å²) in [4.78, 5) is 7.60. The summed E-state index contributed by atoms with van der Waals surface area (Å²) in [6, 6.07) is 93.2. The van der Waals surface area contributed by atoms with Gasteiger partial charge in [-0.1, -0.05) is 209 Å². The summed E-state index contributed by atoms with van der Waals surface area (Å²) in [6.45, 7) is 6.42. The van der Waals surface area contributed by atoms with Gasteiger partial charge < -0.3 is 28.3 Å². The summed E-state index contributed by atoms with van der Waals surface area (Å²) < 4.78 is 21.4. The number of anilines is 9. The molecule has 0 fully saturated rings. The Balaban J connectivity index is 1.01. The van der Waals surface area contributed by atoms with Crippen molar-refractivity contribution in [3.63, 3.8) is 0 Å². The first kappa shape index (κ1) is 47.2. The molecule has 0 N–H and O–H groups in total. The third-order valence-electron chi connectivity index (χ3n) is 18.2. The predicted molar refractivity (Wildman–Crippen MR) is 350 cm³/mol. The number of furan rings is 2. The number of fused-ring (bicyclic) bond motifs is 16. The van der Waals surface area contributed by atoms with Gasteiger partial charge in [0.25, 0.3) is 13.4 Å². The molecule has 0 saturated carbocycles. The number of hydrogen-bond donors (Lipinski definition) is 0.